The predicted octanol–water partition coefficient (Wildman–Crippen LogP) is 2.40. The van der Waals surface area contributed by atoms with E-state index in [0.717, 1.165) is 26.6 Å². The van der Waals surface area contributed by atoms with E-state index in [1.165, 1.54) is 35.1 Å². The number of hydrogen-bond acceptors (Lipinski definition) is 8. The van der Waals surface area contributed by atoms with Gasteiger partial charge in [0.25, 0.3) is 0 Å². The number of nitrogens with zero attached hydrogens (tertiary/aromatic N) is 2. The molecule has 1 aliphatic heterocycles. The second-order valence-corrected chi connectivity index (χ2v) is 7.05. The fraction of sp³-hybridized carbons (Fsp3) is 0.308. The first-order chi connectivity index (χ1) is 10.7. The third-order valence-corrected chi connectivity index (χ3v) is 5.32. The quantitative estimate of drug-likeness (QED) is 0.798. The van der Waals surface area contributed by atoms with Gasteiger partial charge < -0.3 is 14.8 Å². The van der Waals surface area contributed by atoms with Crippen molar-refractivity contribution in [3.63, 3.8) is 0 Å². The van der Waals surface area contributed by atoms with Crippen molar-refractivity contribution in [3.05, 3.63) is 23.8 Å². The minimum absolute atomic E-state index is 0.0384. The minimum Gasteiger partial charge on any atom is -0.454 e. The summed E-state index contributed by atoms with van der Waals surface area (Å²) < 4.78 is 15.5. The average molecular weight is 355 g/mol. The SMILES string of the molecule is CSc1nsc(SCC(=O)NCc2ccc3c(c2)OCO3)n1. The molecule has 0 unspecified atom stereocenters. The maximum absolute atomic E-state index is 11.9. The number of aromatic nitrogens is 2. The van der Waals surface area contributed by atoms with Crippen LogP contribution in [0.3, 0.4) is 0 Å². The van der Waals surface area contributed by atoms with Gasteiger partial charge in [0.2, 0.25) is 17.9 Å². The Morgan fingerprint density at radius 1 is 1.41 bits per heavy atom. The topological polar surface area (TPSA) is 73.3 Å². The molecule has 3 rings (SSSR count). The molecule has 2 aromatic rings. The molecule has 2 heterocycles. The number of benzene rings is 1. The van der Waals surface area contributed by atoms with Crippen molar-refractivity contribution in [1.82, 2.24) is 14.7 Å². The zero-order chi connectivity index (χ0) is 15.4. The fourth-order valence-corrected chi connectivity index (χ4v) is 3.81. The second-order valence-electron chi connectivity index (χ2n) is 4.30. The van der Waals surface area contributed by atoms with Gasteiger partial charge >= 0.3 is 0 Å². The third-order valence-electron chi connectivity index (χ3n) is 2.82. The standard InChI is InChI=1S/C13H13N3O3S3/c1-20-12-15-13(22-16-12)21-6-11(17)14-5-8-2-3-9-10(4-8)19-7-18-9/h2-4H,5-7H2,1H3,(H,14,17). The highest BCUT2D eigenvalue weighted by molar-refractivity contribution is 8.01. The Balaban J connectivity index is 1.46. The van der Waals surface area contributed by atoms with Gasteiger partial charge in [0.05, 0.1) is 5.75 Å². The van der Waals surface area contributed by atoms with Crippen LogP contribution in [0.15, 0.2) is 27.7 Å². The van der Waals surface area contributed by atoms with Crippen LogP contribution >= 0.6 is 35.1 Å². The lowest BCUT2D eigenvalue weighted by Crippen LogP contribution is -2.24. The van der Waals surface area contributed by atoms with E-state index in [2.05, 4.69) is 14.7 Å². The van der Waals surface area contributed by atoms with Gasteiger partial charge in [-0.1, -0.05) is 29.6 Å². The number of carbonyl (C=O) groups is 1. The molecule has 0 spiro atoms. The number of fused-ring (bicyclic) bond motifs is 1. The molecule has 0 saturated heterocycles. The minimum atomic E-state index is -0.0384. The maximum atomic E-state index is 11.9. The van der Waals surface area contributed by atoms with Gasteiger partial charge in [-0.15, -0.1) is 0 Å². The smallest absolute Gasteiger partial charge is 0.231 e. The van der Waals surface area contributed by atoms with E-state index in [0.29, 0.717) is 12.3 Å². The van der Waals surface area contributed by atoms with Crippen LogP contribution in [0, 0.1) is 0 Å². The molecule has 9 heteroatoms. The van der Waals surface area contributed by atoms with Crippen molar-refractivity contribution in [2.75, 3.05) is 18.8 Å². The van der Waals surface area contributed by atoms with E-state index in [-0.39, 0.29) is 12.7 Å². The lowest BCUT2D eigenvalue weighted by Gasteiger charge is -2.05. The van der Waals surface area contributed by atoms with Crippen LogP contribution < -0.4 is 14.8 Å². The summed E-state index contributed by atoms with van der Waals surface area (Å²) in [5.74, 6) is 1.75. The molecule has 1 amide bonds. The highest BCUT2D eigenvalue weighted by atomic mass is 32.2. The number of ether oxygens (including phenoxy) is 2. The summed E-state index contributed by atoms with van der Waals surface area (Å²) in [6.07, 6.45) is 1.93. The molecule has 0 aliphatic carbocycles. The summed E-state index contributed by atoms with van der Waals surface area (Å²) >= 11 is 4.20. The van der Waals surface area contributed by atoms with Crippen molar-refractivity contribution in [3.8, 4) is 11.5 Å². The largest absolute Gasteiger partial charge is 0.454 e. The van der Waals surface area contributed by atoms with Gasteiger partial charge in [-0.3, -0.25) is 4.79 Å². The Morgan fingerprint density at radius 3 is 3.09 bits per heavy atom. The van der Waals surface area contributed by atoms with Crippen molar-refractivity contribution in [2.24, 2.45) is 0 Å². The number of carbonyl (C=O) groups excluding carboxylic acids is 1. The van der Waals surface area contributed by atoms with Crippen molar-refractivity contribution >= 4 is 41.0 Å². The molecule has 1 aromatic carbocycles. The lowest BCUT2D eigenvalue weighted by molar-refractivity contribution is -0.118. The number of rotatable bonds is 6. The van der Waals surface area contributed by atoms with E-state index in [9.17, 15) is 4.79 Å². The molecule has 0 saturated carbocycles. The van der Waals surface area contributed by atoms with Crippen molar-refractivity contribution in [2.45, 2.75) is 16.0 Å². The van der Waals surface area contributed by atoms with Gasteiger partial charge in [-0.2, -0.15) is 4.37 Å². The first-order valence-electron chi connectivity index (χ1n) is 6.40. The number of hydrogen-bond donors (Lipinski definition) is 1. The van der Waals surface area contributed by atoms with Crippen LogP contribution in [0.25, 0.3) is 0 Å². The Kier molecular flexibility index (Phi) is 5.06. The Morgan fingerprint density at radius 2 is 2.27 bits per heavy atom. The fourth-order valence-electron chi connectivity index (χ4n) is 1.77. The Hall–Kier alpha value is -1.45. The van der Waals surface area contributed by atoms with Gasteiger partial charge in [0, 0.05) is 6.54 Å². The monoisotopic (exact) mass is 355 g/mol. The van der Waals surface area contributed by atoms with Gasteiger partial charge in [0.15, 0.2) is 15.8 Å². The molecule has 6 nitrogen and oxygen atoms in total. The molecule has 116 valence electrons. The number of nitrogens with one attached hydrogen (secondary N) is 1. The third kappa shape index (κ3) is 3.84. The summed E-state index contributed by atoms with van der Waals surface area (Å²) in [7, 11) is 0. The van der Waals surface area contributed by atoms with Crippen LogP contribution in [-0.2, 0) is 11.3 Å². The van der Waals surface area contributed by atoms with E-state index < -0.39 is 0 Å². The zero-order valence-electron chi connectivity index (χ0n) is 11.7. The zero-order valence-corrected chi connectivity index (χ0v) is 14.1. The molecule has 0 fully saturated rings. The molecule has 0 atom stereocenters. The van der Waals surface area contributed by atoms with Crippen LogP contribution in [0.2, 0.25) is 0 Å². The van der Waals surface area contributed by atoms with E-state index >= 15 is 0 Å². The van der Waals surface area contributed by atoms with Gasteiger partial charge in [-0.25, -0.2) is 4.98 Å². The maximum Gasteiger partial charge on any atom is 0.231 e. The van der Waals surface area contributed by atoms with E-state index in [4.69, 9.17) is 9.47 Å². The molecule has 1 N–H and O–H groups in total. The predicted molar refractivity (Wildman–Crippen MR) is 86.8 cm³/mol. The van der Waals surface area contributed by atoms with Crippen LogP contribution in [0.1, 0.15) is 5.56 Å². The molecule has 22 heavy (non-hydrogen) atoms. The van der Waals surface area contributed by atoms with Gasteiger partial charge in [0.1, 0.15) is 0 Å². The molecule has 1 aromatic heterocycles. The lowest BCUT2D eigenvalue weighted by atomic mass is 10.2. The molecular weight excluding hydrogens is 342 g/mol. The van der Waals surface area contributed by atoms with Crippen LogP contribution in [0.4, 0.5) is 0 Å². The highest BCUT2D eigenvalue weighted by Gasteiger charge is 2.13. The normalized spacial score (nSPS) is 12.4. The molecule has 0 radical (unpaired) electrons. The van der Waals surface area contributed by atoms with Gasteiger partial charge in [-0.05, 0) is 35.5 Å². The van der Waals surface area contributed by atoms with Crippen LogP contribution in [0.5, 0.6) is 11.5 Å². The molecule has 0 bridgehead atoms. The second kappa shape index (κ2) is 7.21. The first-order valence-corrected chi connectivity index (χ1v) is 9.38. The molecular formula is C13H13N3O3S3. The van der Waals surface area contributed by atoms with Crippen LogP contribution in [-0.4, -0.2) is 34.1 Å². The summed E-state index contributed by atoms with van der Waals surface area (Å²) in [5, 5.41) is 3.62. The Bertz CT molecular complexity index is 678. The summed E-state index contributed by atoms with van der Waals surface area (Å²) in [6.45, 7) is 0.712. The highest BCUT2D eigenvalue weighted by Crippen LogP contribution is 2.32. The van der Waals surface area contributed by atoms with Crippen molar-refractivity contribution in [1.29, 1.82) is 0 Å². The molecule has 1 aliphatic rings. The summed E-state index contributed by atoms with van der Waals surface area (Å²) in [5.41, 5.74) is 0.975. The van der Waals surface area contributed by atoms with E-state index in [1.807, 2.05) is 24.5 Å². The number of amides is 1. The van der Waals surface area contributed by atoms with Crippen molar-refractivity contribution < 1.29 is 14.3 Å². The summed E-state index contributed by atoms with van der Waals surface area (Å²) in [4.78, 5) is 16.1. The number of thioether (sulfide) groups is 2. The van der Waals surface area contributed by atoms with E-state index in [1.54, 1.807) is 0 Å². The Labute approximate surface area is 140 Å². The summed E-state index contributed by atoms with van der Waals surface area (Å²) in [6, 6.07) is 5.64. The average Bonchev–Trinajstić information content (AvgIpc) is 3.19. The first kappa shape index (κ1) is 15.4.